The minimum absolute atomic E-state index is 0.901. The zero-order valence-electron chi connectivity index (χ0n) is 10.9. The van der Waals surface area contributed by atoms with E-state index in [0.29, 0.717) is 0 Å². The van der Waals surface area contributed by atoms with Crippen molar-refractivity contribution in [3.8, 4) is 0 Å². The van der Waals surface area contributed by atoms with E-state index in [1.54, 1.807) is 11.3 Å². The minimum atomic E-state index is 0.901. The summed E-state index contributed by atoms with van der Waals surface area (Å²) >= 11 is 1.74. The van der Waals surface area contributed by atoms with Crippen molar-refractivity contribution in [3.05, 3.63) is 47.0 Å². The predicted molar refractivity (Wildman–Crippen MR) is 78.3 cm³/mol. The van der Waals surface area contributed by atoms with Gasteiger partial charge in [-0.1, -0.05) is 30.3 Å². The summed E-state index contributed by atoms with van der Waals surface area (Å²) < 4.78 is 0. The molecule has 0 aliphatic rings. The van der Waals surface area contributed by atoms with Gasteiger partial charge in [0.25, 0.3) is 0 Å². The Bertz CT molecular complexity index is 465. The molecule has 0 aliphatic heterocycles. The lowest BCUT2D eigenvalue weighted by molar-refractivity contribution is 0.693. The van der Waals surface area contributed by atoms with Crippen LogP contribution >= 0.6 is 11.3 Å². The highest BCUT2D eigenvalue weighted by Gasteiger charge is 2.02. The van der Waals surface area contributed by atoms with Crippen molar-refractivity contribution >= 4 is 16.5 Å². The Labute approximate surface area is 112 Å². The topological polar surface area (TPSA) is 28.2 Å². The van der Waals surface area contributed by atoms with Gasteiger partial charge < -0.3 is 10.2 Å². The molecule has 2 aromatic rings. The number of hydrogen-bond donors (Lipinski definition) is 1. The summed E-state index contributed by atoms with van der Waals surface area (Å²) in [5, 5.41) is 4.52. The van der Waals surface area contributed by atoms with Crippen molar-refractivity contribution in [3.63, 3.8) is 0 Å². The van der Waals surface area contributed by atoms with Gasteiger partial charge in [-0.15, -0.1) is 11.3 Å². The molecule has 1 N–H and O–H groups in total. The Kier molecular flexibility index (Phi) is 4.73. The van der Waals surface area contributed by atoms with E-state index in [1.807, 2.05) is 25.2 Å². The van der Waals surface area contributed by atoms with Gasteiger partial charge in [0.2, 0.25) is 0 Å². The van der Waals surface area contributed by atoms with Gasteiger partial charge in [-0.3, -0.25) is 0 Å². The number of nitrogens with zero attached hydrogens (tertiary/aromatic N) is 2. The largest absolute Gasteiger partial charge is 0.354 e. The second-order valence-electron chi connectivity index (χ2n) is 4.42. The van der Waals surface area contributed by atoms with Crippen LogP contribution in [0.25, 0.3) is 0 Å². The Morgan fingerprint density at radius 2 is 2.00 bits per heavy atom. The number of hydrogen-bond acceptors (Lipinski definition) is 4. The van der Waals surface area contributed by atoms with Crippen LogP contribution in [0.2, 0.25) is 0 Å². The normalized spacial score (nSPS) is 10.6. The highest BCUT2D eigenvalue weighted by molar-refractivity contribution is 7.15. The summed E-state index contributed by atoms with van der Waals surface area (Å²) in [6.07, 6.45) is 3.02. The van der Waals surface area contributed by atoms with E-state index in [1.165, 1.54) is 10.4 Å². The quantitative estimate of drug-likeness (QED) is 0.810. The van der Waals surface area contributed by atoms with Crippen LogP contribution in [0, 0.1) is 0 Å². The lowest BCUT2D eigenvalue weighted by atomic mass is 10.1. The third-order valence-electron chi connectivity index (χ3n) is 2.66. The lowest BCUT2D eigenvalue weighted by Crippen LogP contribution is -2.15. The molecule has 18 heavy (non-hydrogen) atoms. The van der Waals surface area contributed by atoms with Gasteiger partial charge in [-0.25, -0.2) is 4.98 Å². The molecular formula is C14H19N3S. The van der Waals surface area contributed by atoms with Crippen molar-refractivity contribution < 1.29 is 0 Å². The Morgan fingerprint density at radius 3 is 2.67 bits per heavy atom. The number of aromatic nitrogens is 1. The molecule has 1 heterocycles. The number of thiazole rings is 1. The first-order valence-electron chi connectivity index (χ1n) is 6.12. The molecule has 0 fully saturated rings. The number of nitrogens with one attached hydrogen (secondary N) is 1. The van der Waals surface area contributed by atoms with Crippen LogP contribution in [0.5, 0.6) is 0 Å². The second-order valence-corrected chi connectivity index (χ2v) is 5.51. The zero-order chi connectivity index (χ0) is 12.8. The standard InChI is InChI=1S/C14H19N3S/c1-17(2)14-16-11-13(18-14)10-15-9-8-12-6-4-3-5-7-12/h3-7,11,15H,8-10H2,1-2H3. The van der Waals surface area contributed by atoms with Gasteiger partial charge in [0, 0.05) is 31.7 Å². The smallest absolute Gasteiger partial charge is 0.185 e. The fourth-order valence-corrected chi connectivity index (χ4v) is 2.48. The summed E-state index contributed by atoms with van der Waals surface area (Å²) in [4.78, 5) is 7.68. The summed E-state index contributed by atoms with van der Waals surface area (Å²) in [6.45, 7) is 1.90. The SMILES string of the molecule is CN(C)c1ncc(CNCCc2ccccc2)s1. The van der Waals surface area contributed by atoms with Gasteiger partial charge in [0.15, 0.2) is 5.13 Å². The third-order valence-corrected chi connectivity index (χ3v) is 3.82. The minimum Gasteiger partial charge on any atom is -0.354 e. The van der Waals surface area contributed by atoms with Crippen LogP contribution in [0.1, 0.15) is 10.4 Å². The molecule has 0 amide bonds. The average molecular weight is 261 g/mol. The highest BCUT2D eigenvalue weighted by Crippen LogP contribution is 2.19. The van der Waals surface area contributed by atoms with Crippen LogP contribution in [-0.2, 0) is 13.0 Å². The van der Waals surface area contributed by atoms with Crippen LogP contribution < -0.4 is 10.2 Å². The van der Waals surface area contributed by atoms with E-state index in [2.05, 4.69) is 40.6 Å². The van der Waals surface area contributed by atoms with E-state index in [4.69, 9.17) is 0 Å². The first-order chi connectivity index (χ1) is 8.75. The molecule has 4 heteroatoms. The molecule has 1 aromatic heterocycles. The maximum atomic E-state index is 4.36. The van der Waals surface area contributed by atoms with E-state index < -0.39 is 0 Å². The fraction of sp³-hybridized carbons (Fsp3) is 0.357. The van der Waals surface area contributed by atoms with Gasteiger partial charge in [0.05, 0.1) is 0 Å². The Morgan fingerprint density at radius 1 is 1.22 bits per heavy atom. The molecule has 0 spiro atoms. The van der Waals surface area contributed by atoms with Gasteiger partial charge in [-0.05, 0) is 18.5 Å². The van der Waals surface area contributed by atoms with Crippen LogP contribution in [-0.4, -0.2) is 25.6 Å². The fourth-order valence-electron chi connectivity index (χ4n) is 1.67. The van der Waals surface area contributed by atoms with Crippen molar-refractivity contribution in [2.75, 3.05) is 25.5 Å². The zero-order valence-corrected chi connectivity index (χ0v) is 11.7. The lowest BCUT2D eigenvalue weighted by Gasteiger charge is -2.05. The van der Waals surface area contributed by atoms with E-state index in [-0.39, 0.29) is 0 Å². The highest BCUT2D eigenvalue weighted by atomic mass is 32.1. The molecular weight excluding hydrogens is 242 g/mol. The van der Waals surface area contributed by atoms with Gasteiger partial charge in [0.1, 0.15) is 0 Å². The van der Waals surface area contributed by atoms with Crippen molar-refractivity contribution in [2.45, 2.75) is 13.0 Å². The molecule has 0 radical (unpaired) electrons. The predicted octanol–water partition coefficient (Wildman–Crippen LogP) is 2.54. The Hall–Kier alpha value is -1.39. The van der Waals surface area contributed by atoms with Gasteiger partial charge >= 0.3 is 0 Å². The van der Waals surface area contributed by atoms with Crippen LogP contribution in [0.15, 0.2) is 36.5 Å². The molecule has 0 saturated heterocycles. The molecule has 0 unspecified atom stereocenters. The number of anilines is 1. The summed E-state index contributed by atoms with van der Waals surface area (Å²) in [5.41, 5.74) is 1.38. The second kappa shape index (κ2) is 6.52. The van der Waals surface area contributed by atoms with Crippen LogP contribution in [0.4, 0.5) is 5.13 Å². The number of rotatable bonds is 6. The molecule has 1 aromatic carbocycles. The van der Waals surface area contributed by atoms with E-state index in [9.17, 15) is 0 Å². The molecule has 0 saturated carbocycles. The molecule has 0 aliphatic carbocycles. The van der Waals surface area contributed by atoms with Crippen molar-refractivity contribution in [1.82, 2.24) is 10.3 Å². The summed E-state index contributed by atoms with van der Waals surface area (Å²) in [5.74, 6) is 0. The molecule has 96 valence electrons. The number of benzene rings is 1. The van der Waals surface area contributed by atoms with Crippen molar-refractivity contribution in [1.29, 1.82) is 0 Å². The summed E-state index contributed by atoms with van der Waals surface area (Å²) in [7, 11) is 4.04. The monoisotopic (exact) mass is 261 g/mol. The molecule has 3 nitrogen and oxygen atoms in total. The first-order valence-corrected chi connectivity index (χ1v) is 6.94. The maximum Gasteiger partial charge on any atom is 0.185 e. The van der Waals surface area contributed by atoms with Crippen molar-refractivity contribution in [2.24, 2.45) is 0 Å². The van der Waals surface area contributed by atoms with Crippen LogP contribution in [0.3, 0.4) is 0 Å². The average Bonchev–Trinajstić information content (AvgIpc) is 2.85. The summed E-state index contributed by atoms with van der Waals surface area (Å²) in [6, 6.07) is 10.6. The molecule has 0 bridgehead atoms. The Balaban J connectivity index is 1.72. The van der Waals surface area contributed by atoms with E-state index in [0.717, 1.165) is 24.6 Å². The third kappa shape index (κ3) is 3.82. The molecule has 2 rings (SSSR count). The first kappa shape index (κ1) is 13.1. The molecule has 0 atom stereocenters. The van der Waals surface area contributed by atoms with E-state index >= 15 is 0 Å². The maximum absolute atomic E-state index is 4.36. The van der Waals surface area contributed by atoms with Gasteiger partial charge in [-0.2, -0.15) is 0 Å².